The number of anilines is 1. The molecule has 2 amide bonds. The molecule has 1 fully saturated rings. The number of hydrogen-bond donors (Lipinski definition) is 1. The van der Waals surface area contributed by atoms with Crippen molar-refractivity contribution in [2.45, 2.75) is 25.9 Å². The van der Waals surface area contributed by atoms with Gasteiger partial charge in [-0.2, -0.15) is 0 Å². The molecule has 1 unspecified atom stereocenters. The Morgan fingerprint density at radius 2 is 2.21 bits per heavy atom. The Balaban J connectivity index is 1.69. The minimum atomic E-state index is -0.603. The molecule has 9 nitrogen and oxygen atoms in total. The number of aromatic nitrogens is 2. The van der Waals surface area contributed by atoms with Crippen molar-refractivity contribution < 1.29 is 28.2 Å². The zero-order valence-corrected chi connectivity index (χ0v) is 16.6. The molecule has 0 spiro atoms. The molecule has 0 aliphatic carbocycles. The summed E-state index contributed by atoms with van der Waals surface area (Å²) >= 11 is 1.19. The molecule has 0 bridgehead atoms. The monoisotopic (exact) mass is 422 g/mol. The first-order valence-corrected chi connectivity index (χ1v) is 9.60. The third-order valence-corrected chi connectivity index (χ3v) is 5.20. The highest BCUT2D eigenvalue weighted by atomic mass is 32.1. The van der Waals surface area contributed by atoms with Gasteiger partial charge in [0.15, 0.2) is 5.01 Å². The molecule has 1 aromatic carbocycles. The number of nitrogens with one attached hydrogen (secondary N) is 1. The van der Waals surface area contributed by atoms with Crippen LogP contribution in [0.15, 0.2) is 18.2 Å². The van der Waals surface area contributed by atoms with E-state index in [4.69, 9.17) is 4.74 Å². The molecule has 0 radical (unpaired) electrons. The van der Waals surface area contributed by atoms with Gasteiger partial charge in [-0.15, -0.1) is 10.2 Å². The number of benzene rings is 1. The fourth-order valence-electron chi connectivity index (χ4n) is 2.72. The number of amides is 2. The van der Waals surface area contributed by atoms with Crippen LogP contribution in [0, 0.1) is 5.82 Å². The topological polar surface area (TPSA) is 111 Å². The van der Waals surface area contributed by atoms with E-state index in [9.17, 15) is 18.8 Å². The van der Waals surface area contributed by atoms with Crippen LogP contribution < -0.4 is 10.2 Å². The summed E-state index contributed by atoms with van der Waals surface area (Å²) in [6.45, 7) is 1.77. The molecule has 0 saturated carbocycles. The van der Waals surface area contributed by atoms with Gasteiger partial charge in [-0.3, -0.25) is 14.5 Å². The van der Waals surface area contributed by atoms with Crippen molar-refractivity contribution in [1.82, 2.24) is 15.5 Å². The number of esters is 1. The summed E-state index contributed by atoms with van der Waals surface area (Å²) in [5.41, 5.74) is 0.593. The van der Waals surface area contributed by atoms with E-state index in [1.165, 1.54) is 42.4 Å². The number of rotatable bonds is 7. The van der Waals surface area contributed by atoms with Gasteiger partial charge in [-0.1, -0.05) is 11.3 Å². The van der Waals surface area contributed by atoms with Crippen LogP contribution in [0.2, 0.25) is 0 Å². The number of methoxy groups -OCH3 is 1. The van der Waals surface area contributed by atoms with E-state index in [1.807, 2.05) is 0 Å². The molecule has 11 heteroatoms. The average molecular weight is 422 g/mol. The number of carbonyl (C=O) groups excluding carboxylic acids is 3. The van der Waals surface area contributed by atoms with Gasteiger partial charge >= 0.3 is 12.1 Å². The largest absolute Gasteiger partial charge is 0.469 e. The van der Waals surface area contributed by atoms with E-state index in [1.54, 1.807) is 6.07 Å². The molecule has 1 saturated heterocycles. The Morgan fingerprint density at radius 1 is 1.41 bits per heavy atom. The lowest BCUT2D eigenvalue weighted by atomic mass is 10.2. The van der Waals surface area contributed by atoms with Crippen LogP contribution in [0.25, 0.3) is 10.6 Å². The Bertz CT molecular complexity index is 935. The van der Waals surface area contributed by atoms with Crippen LogP contribution >= 0.6 is 11.3 Å². The highest BCUT2D eigenvalue weighted by molar-refractivity contribution is 7.14. The predicted molar refractivity (Wildman–Crippen MR) is 102 cm³/mol. The molecule has 154 valence electrons. The molecule has 1 atom stereocenters. The second-order valence-electron chi connectivity index (χ2n) is 6.29. The summed E-state index contributed by atoms with van der Waals surface area (Å²) in [6, 6.07) is 4.34. The normalized spacial score (nSPS) is 15.9. The lowest BCUT2D eigenvalue weighted by Gasteiger charge is -2.14. The highest BCUT2D eigenvalue weighted by Gasteiger charge is 2.32. The Kier molecular flexibility index (Phi) is 6.37. The Morgan fingerprint density at radius 3 is 2.90 bits per heavy atom. The van der Waals surface area contributed by atoms with Gasteiger partial charge in [-0.05, 0) is 18.2 Å². The number of aryl methyl sites for hydroxylation is 1. The van der Waals surface area contributed by atoms with Gasteiger partial charge in [-0.25, -0.2) is 9.18 Å². The summed E-state index contributed by atoms with van der Waals surface area (Å²) in [5, 5.41) is 11.5. The third-order valence-electron chi connectivity index (χ3n) is 4.19. The molecule has 2 heterocycles. The molecular formula is C18H19FN4O5S. The van der Waals surface area contributed by atoms with Crippen molar-refractivity contribution in [3.8, 4) is 10.6 Å². The fourth-order valence-corrected chi connectivity index (χ4v) is 3.58. The van der Waals surface area contributed by atoms with E-state index in [0.29, 0.717) is 22.1 Å². The molecule has 2 aromatic rings. The second kappa shape index (κ2) is 8.95. The van der Waals surface area contributed by atoms with Gasteiger partial charge in [0.2, 0.25) is 5.91 Å². The SMILES string of the molecule is COC(=O)CCc1nnc(-c2ccc(N3CC(CNC(C)=O)OC3=O)cc2F)s1. The van der Waals surface area contributed by atoms with Crippen molar-refractivity contribution in [1.29, 1.82) is 0 Å². The zero-order valence-electron chi connectivity index (χ0n) is 15.8. The number of carbonyl (C=O) groups is 3. The predicted octanol–water partition coefficient (Wildman–Crippen LogP) is 1.91. The molecule has 1 aliphatic heterocycles. The molecular weight excluding hydrogens is 403 g/mol. The highest BCUT2D eigenvalue weighted by Crippen LogP contribution is 2.31. The lowest BCUT2D eigenvalue weighted by molar-refractivity contribution is -0.140. The van der Waals surface area contributed by atoms with E-state index in [-0.39, 0.29) is 37.0 Å². The van der Waals surface area contributed by atoms with Crippen LogP contribution in [-0.2, 0) is 25.5 Å². The van der Waals surface area contributed by atoms with Crippen LogP contribution in [0.5, 0.6) is 0 Å². The van der Waals surface area contributed by atoms with Gasteiger partial charge < -0.3 is 14.8 Å². The number of nitrogens with zero attached hydrogens (tertiary/aromatic N) is 3. The summed E-state index contributed by atoms with van der Waals surface area (Å²) in [6.07, 6.45) is -0.578. The minimum Gasteiger partial charge on any atom is -0.469 e. The number of hydrogen-bond acceptors (Lipinski definition) is 8. The average Bonchev–Trinajstić information content (AvgIpc) is 3.30. The van der Waals surface area contributed by atoms with Crippen molar-refractivity contribution >= 4 is 35.0 Å². The summed E-state index contributed by atoms with van der Waals surface area (Å²) in [5.74, 6) is -1.14. The first-order chi connectivity index (χ1) is 13.9. The zero-order chi connectivity index (χ0) is 21.0. The standard InChI is InChI=1S/C18H19FN4O5S/c1-10(24)20-8-12-9-23(18(26)28-12)11-3-4-13(14(19)7-11)17-22-21-15(29-17)5-6-16(25)27-2/h3-4,7,12H,5-6,8-9H2,1-2H3,(H,20,24). The maximum absolute atomic E-state index is 14.7. The number of ether oxygens (including phenoxy) is 2. The first kappa shape index (κ1) is 20.6. The lowest BCUT2D eigenvalue weighted by Crippen LogP contribution is -2.33. The van der Waals surface area contributed by atoms with E-state index >= 15 is 0 Å². The number of cyclic esters (lactones) is 1. The van der Waals surface area contributed by atoms with Gasteiger partial charge in [0.25, 0.3) is 0 Å². The van der Waals surface area contributed by atoms with Crippen molar-refractivity contribution in [3.63, 3.8) is 0 Å². The van der Waals surface area contributed by atoms with Gasteiger partial charge in [0.05, 0.1) is 32.3 Å². The van der Waals surface area contributed by atoms with Crippen molar-refractivity contribution in [2.24, 2.45) is 0 Å². The molecule has 3 rings (SSSR count). The van der Waals surface area contributed by atoms with E-state index < -0.39 is 18.0 Å². The van der Waals surface area contributed by atoms with Crippen LogP contribution in [-0.4, -0.2) is 54.5 Å². The van der Waals surface area contributed by atoms with Crippen molar-refractivity contribution in [2.75, 3.05) is 25.1 Å². The summed E-state index contributed by atoms with van der Waals surface area (Å²) in [4.78, 5) is 35.6. The number of halogens is 1. The molecule has 29 heavy (non-hydrogen) atoms. The Labute approximate surface area is 169 Å². The smallest absolute Gasteiger partial charge is 0.414 e. The second-order valence-corrected chi connectivity index (χ2v) is 7.36. The molecule has 1 N–H and O–H groups in total. The maximum Gasteiger partial charge on any atom is 0.414 e. The van der Waals surface area contributed by atoms with Crippen LogP contribution in [0.3, 0.4) is 0 Å². The quantitative estimate of drug-likeness (QED) is 0.679. The maximum atomic E-state index is 14.7. The fraction of sp³-hybridized carbons (Fsp3) is 0.389. The van der Waals surface area contributed by atoms with E-state index in [0.717, 1.165) is 0 Å². The van der Waals surface area contributed by atoms with Crippen LogP contribution in [0.1, 0.15) is 18.4 Å². The van der Waals surface area contributed by atoms with E-state index in [2.05, 4.69) is 20.3 Å². The third kappa shape index (κ3) is 5.05. The first-order valence-electron chi connectivity index (χ1n) is 8.79. The molecule has 1 aliphatic rings. The summed E-state index contributed by atoms with van der Waals surface area (Å²) in [7, 11) is 1.31. The Hall–Kier alpha value is -3.08. The van der Waals surface area contributed by atoms with Gasteiger partial charge in [0, 0.05) is 18.9 Å². The molecule has 1 aromatic heterocycles. The summed E-state index contributed by atoms with van der Waals surface area (Å²) < 4.78 is 24.4. The van der Waals surface area contributed by atoms with Crippen LogP contribution in [0.4, 0.5) is 14.9 Å². The van der Waals surface area contributed by atoms with Crippen molar-refractivity contribution in [3.05, 3.63) is 29.0 Å². The minimum absolute atomic E-state index is 0.170. The van der Waals surface area contributed by atoms with Gasteiger partial charge in [0.1, 0.15) is 16.9 Å².